The van der Waals surface area contributed by atoms with Crippen molar-refractivity contribution in [2.75, 3.05) is 39.4 Å². The van der Waals surface area contributed by atoms with E-state index in [1.807, 2.05) is 11.3 Å². The monoisotopic (exact) mass is 295 g/mol. The van der Waals surface area contributed by atoms with Crippen LogP contribution in [0.4, 0.5) is 0 Å². The molecule has 0 amide bonds. The van der Waals surface area contributed by atoms with Gasteiger partial charge in [0.2, 0.25) is 0 Å². The Labute approximate surface area is 125 Å². The number of thiazole rings is 1. The molecule has 2 fully saturated rings. The zero-order valence-electron chi connectivity index (χ0n) is 12.3. The van der Waals surface area contributed by atoms with Crippen LogP contribution in [0.5, 0.6) is 0 Å². The van der Waals surface area contributed by atoms with Gasteiger partial charge in [-0.05, 0) is 12.8 Å². The van der Waals surface area contributed by atoms with Crippen LogP contribution >= 0.6 is 11.3 Å². The number of nitrogens with one attached hydrogen (secondary N) is 1. The van der Waals surface area contributed by atoms with Gasteiger partial charge in [-0.3, -0.25) is 4.90 Å². The van der Waals surface area contributed by atoms with Crippen LogP contribution in [0, 0.1) is 0 Å². The molecule has 1 N–H and O–H groups in total. The molecule has 1 aromatic rings. The summed E-state index contributed by atoms with van der Waals surface area (Å²) >= 11 is 1.85. The van der Waals surface area contributed by atoms with Gasteiger partial charge >= 0.3 is 0 Å². The van der Waals surface area contributed by atoms with E-state index in [-0.39, 0.29) is 0 Å². The molecule has 0 spiro atoms. The van der Waals surface area contributed by atoms with Crippen LogP contribution in [0.25, 0.3) is 0 Å². The third-order valence-electron chi connectivity index (χ3n) is 4.33. The van der Waals surface area contributed by atoms with Crippen LogP contribution in [-0.2, 0) is 4.74 Å². The van der Waals surface area contributed by atoms with Crippen LogP contribution < -0.4 is 5.32 Å². The molecule has 1 aromatic heterocycles. The molecule has 4 nitrogen and oxygen atoms in total. The lowest BCUT2D eigenvalue weighted by Crippen LogP contribution is -2.45. The van der Waals surface area contributed by atoms with Crippen molar-refractivity contribution in [1.29, 1.82) is 0 Å². The summed E-state index contributed by atoms with van der Waals surface area (Å²) < 4.78 is 5.49. The molecular weight excluding hydrogens is 270 g/mol. The number of ether oxygens (including phenoxy) is 1. The smallest absolute Gasteiger partial charge is 0.110 e. The summed E-state index contributed by atoms with van der Waals surface area (Å²) in [5.41, 5.74) is 1.26. The van der Waals surface area contributed by atoms with Gasteiger partial charge in [0.25, 0.3) is 0 Å². The fourth-order valence-electron chi connectivity index (χ4n) is 3.14. The van der Waals surface area contributed by atoms with Gasteiger partial charge in [0, 0.05) is 44.1 Å². The summed E-state index contributed by atoms with van der Waals surface area (Å²) in [7, 11) is 0. The Hall–Kier alpha value is -0.490. The van der Waals surface area contributed by atoms with Crippen molar-refractivity contribution in [3.05, 3.63) is 16.1 Å². The second kappa shape index (κ2) is 6.98. The average molecular weight is 295 g/mol. The molecule has 0 saturated carbocycles. The minimum atomic E-state index is 0.517. The highest BCUT2D eigenvalue weighted by Crippen LogP contribution is 2.32. The molecule has 2 aliphatic heterocycles. The van der Waals surface area contributed by atoms with E-state index in [4.69, 9.17) is 9.72 Å². The van der Waals surface area contributed by atoms with Crippen molar-refractivity contribution in [3.63, 3.8) is 0 Å². The molecule has 0 aromatic carbocycles. The zero-order chi connectivity index (χ0) is 13.8. The first-order valence-corrected chi connectivity index (χ1v) is 8.74. The summed E-state index contributed by atoms with van der Waals surface area (Å²) in [5, 5.41) is 7.02. The maximum atomic E-state index is 5.49. The Morgan fingerprint density at radius 3 is 3.05 bits per heavy atom. The average Bonchev–Trinajstić information content (AvgIpc) is 3.16. The normalized spacial score (nSPS) is 25.9. The molecule has 3 rings (SSSR count). The molecule has 0 radical (unpaired) electrons. The Balaban J connectivity index is 1.72. The first-order valence-electron chi connectivity index (χ1n) is 7.86. The lowest BCUT2D eigenvalue weighted by Gasteiger charge is -2.33. The van der Waals surface area contributed by atoms with Gasteiger partial charge in [0.05, 0.1) is 18.3 Å². The van der Waals surface area contributed by atoms with Crippen LogP contribution in [0.15, 0.2) is 5.38 Å². The summed E-state index contributed by atoms with van der Waals surface area (Å²) in [6.07, 6.45) is 3.57. The Morgan fingerprint density at radius 1 is 1.50 bits per heavy atom. The SMILES string of the molecule is CCCC(c1nc(C2CCOC2)cs1)N1CCNCC1. The number of nitrogens with zero attached hydrogens (tertiary/aromatic N) is 2. The summed E-state index contributed by atoms with van der Waals surface area (Å²) in [4.78, 5) is 7.57. The maximum Gasteiger partial charge on any atom is 0.110 e. The second-order valence-corrected chi connectivity index (χ2v) is 6.65. The Morgan fingerprint density at radius 2 is 2.35 bits per heavy atom. The molecule has 0 bridgehead atoms. The van der Waals surface area contributed by atoms with E-state index in [9.17, 15) is 0 Å². The van der Waals surface area contributed by atoms with Gasteiger partial charge in [-0.25, -0.2) is 4.98 Å². The molecule has 20 heavy (non-hydrogen) atoms. The first-order chi connectivity index (χ1) is 9.88. The second-order valence-electron chi connectivity index (χ2n) is 5.76. The standard InChI is InChI=1S/C15H25N3OS/c1-2-3-14(18-7-5-16-6-8-18)15-17-13(11-20-15)12-4-9-19-10-12/h11-12,14,16H,2-10H2,1H3. The summed E-state index contributed by atoms with van der Waals surface area (Å²) in [6.45, 7) is 8.53. The number of hydrogen-bond donors (Lipinski definition) is 1. The van der Waals surface area contributed by atoms with Crippen LogP contribution in [-0.4, -0.2) is 49.3 Å². The molecule has 3 heterocycles. The van der Waals surface area contributed by atoms with Crippen molar-refractivity contribution in [3.8, 4) is 0 Å². The fourth-order valence-corrected chi connectivity index (χ4v) is 4.21. The molecule has 2 saturated heterocycles. The van der Waals surface area contributed by atoms with E-state index < -0.39 is 0 Å². The van der Waals surface area contributed by atoms with Crippen molar-refractivity contribution < 1.29 is 4.74 Å². The topological polar surface area (TPSA) is 37.4 Å². The maximum absolute atomic E-state index is 5.49. The lowest BCUT2D eigenvalue weighted by molar-refractivity contribution is 0.164. The third kappa shape index (κ3) is 3.22. The van der Waals surface area contributed by atoms with E-state index >= 15 is 0 Å². The minimum Gasteiger partial charge on any atom is -0.381 e. The van der Waals surface area contributed by atoms with E-state index in [2.05, 4.69) is 22.5 Å². The largest absolute Gasteiger partial charge is 0.381 e. The van der Waals surface area contributed by atoms with Gasteiger partial charge in [-0.2, -0.15) is 0 Å². The van der Waals surface area contributed by atoms with Crippen molar-refractivity contribution in [2.24, 2.45) is 0 Å². The van der Waals surface area contributed by atoms with Gasteiger partial charge < -0.3 is 10.1 Å². The van der Waals surface area contributed by atoms with Crippen LogP contribution in [0.2, 0.25) is 0 Å². The number of piperazine rings is 1. The van der Waals surface area contributed by atoms with Gasteiger partial charge in [-0.1, -0.05) is 13.3 Å². The van der Waals surface area contributed by atoms with Crippen LogP contribution in [0.3, 0.4) is 0 Å². The van der Waals surface area contributed by atoms with Crippen molar-refractivity contribution in [2.45, 2.75) is 38.1 Å². The Kier molecular flexibility index (Phi) is 5.04. The number of hydrogen-bond acceptors (Lipinski definition) is 5. The highest BCUT2D eigenvalue weighted by Gasteiger charge is 2.26. The third-order valence-corrected chi connectivity index (χ3v) is 5.29. The fraction of sp³-hybridized carbons (Fsp3) is 0.800. The molecular formula is C15H25N3OS. The minimum absolute atomic E-state index is 0.517. The van der Waals surface area contributed by atoms with E-state index in [1.165, 1.54) is 23.5 Å². The highest BCUT2D eigenvalue weighted by molar-refractivity contribution is 7.09. The van der Waals surface area contributed by atoms with Crippen molar-refractivity contribution in [1.82, 2.24) is 15.2 Å². The van der Waals surface area contributed by atoms with Gasteiger partial charge in [0.1, 0.15) is 5.01 Å². The van der Waals surface area contributed by atoms with E-state index in [0.717, 1.165) is 45.8 Å². The van der Waals surface area contributed by atoms with Gasteiger partial charge in [-0.15, -0.1) is 11.3 Å². The molecule has 2 aliphatic rings. The quantitative estimate of drug-likeness (QED) is 0.905. The predicted octanol–water partition coefficient (Wildman–Crippen LogP) is 2.39. The predicted molar refractivity (Wildman–Crippen MR) is 82.4 cm³/mol. The molecule has 112 valence electrons. The van der Waals surface area contributed by atoms with Crippen LogP contribution in [0.1, 0.15) is 48.8 Å². The number of aromatic nitrogens is 1. The van der Waals surface area contributed by atoms with Crippen molar-refractivity contribution >= 4 is 11.3 Å². The van der Waals surface area contributed by atoms with Gasteiger partial charge in [0.15, 0.2) is 0 Å². The summed E-state index contributed by atoms with van der Waals surface area (Å²) in [6, 6.07) is 0.517. The Bertz CT molecular complexity index is 411. The summed E-state index contributed by atoms with van der Waals surface area (Å²) in [5.74, 6) is 0.533. The number of rotatable bonds is 5. The lowest BCUT2D eigenvalue weighted by atomic mass is 10.1. The van der Waals surface area contributed by atoms with E-state index in [1.54, 1.807) is 0 Å². The molecule has 0 aliphatic carbocycles. The molecule has 2 unspecified atom stereocenters. The molecule has 5 heteroatoms. The van der Waals surface area contributed by atoms with E-state index in [0.29, 0.717) is 12.0 Å². The molecule has 2 atom stereocenters. The zero-order valence-corrected chi connectivity index (χ0v) is 13.1. The first kappa shape index (κ1) is 14.4. The highest BCUT2D eigenvalue weighted by atomic mass is 32.1.